The summed E-state index contributed by atoms with van der Waals surface area (Å²) in [5.74, 6) is 0.156. The quantitative estimate of drug-likeness (QED) is 0.101. The van der Waals surface area contributed by atoms with E-state index in [1.165, 1.54) is 13.3 Å². The number of nitrogens with one attached hydrogen (secondary N) is 3. The number of hydrazone groups is 1. The zero-order chi connectivity index (χ0) is 31.6. The van der Waals surface area contributed by atoms with E-state index in [1.54, 1.807) is 62.4 Å². The molecular formula is C31H30Cl2N4O6S. The molecule has 0 fully saturated rings. The summed E-state index contributed by atoms with van der Waals surface area (Å²) >= 11 is 17.7. The molecule has 44 heavy (non-hydrogen) atoms. The number of nitrogens with zero attached hydrogens (tertiary/aromatic N) is 1. The molecule has 0 unspecified atom stereocenters. The first-order valence-electron chi connectivity index (χ1n) is 13.4. The highest BCUT2D eigenvalue weighted by molar-refractivity contribution is 7.80. The lowest BCUT2D eigenvalue weighted by molar-refractivity contribution is -0.139. The van der Waals surface area contributed by atoms with Crippen molar-refractivity contribution in [3.8, 4) is 17.2 Å². The molecule has 10 nitrogen and oxygen atoms in total. The monoisotopic (exact) mass is 656 g/mol. The van der Waals surface area contributed by atoms with Crippen molar-refractivity contribution in [3.05, 3.63) is 98.7 Å². The number of ether oxygens (including phenoxy) is 4. The van der Waals surface area contributed by atoms with Crippen LogP contribution in [0.2, 0.25) is 10.0 Å². The summed E-state index contributed by atoms with van der Waals surface area (Å²) in [5, 5.41) is 11.3. The smallest absolute Gasteiger partial charge is 0.338 e. The van der Waals surface area contributed by atoms with Crippen molar-refractivity contribution in [3.63, 3.8) is 0 Å². The number of para-hydroxylation sites is 1. The fraction of sp³-hybridized carbons (Fsp3) is 0.226. The summed E-state index contributed by atoms with van der Waals surface area (Å²) in [4.78, 5) is 25.3. The molecule has 13 heteroatoms. The van der Waals surface area contributed by atoms with Gasteiger partial charge in [-0.25, -0.2) is 10.2 Å². The van der Waals surface area contributed by atoms with Crippen molar-refractivity contribution in [2.45, 2.75) is 26.5 Å². The van der Waals surface area contributed by atoms with E-state index >= 15 is 0 Å². The molecule has 3 N–H and O–H groups in total. The third-order valence-electron chi connectivity index (χ3n) is 6.30. The summed E-state index contributed by atoms with van der Waals surface area (Å²) in [7, 11) is 1.50. The van der Waals surface area contributed by atoms with Gasteiger partial charge in [0.25, 0.3) is 5.91 Å². The van der Waals surface area contributed by atoms with E-state index in [9.17, 15) is 9.59 Å². The predicted octanol–water partition coefficient (Wildman–Crippen LogP) is 5.47. The van der Waals surface area contributed by atoms with Crippen molar-refractivity contribution < 1.29 is 28.5 Å². The fourth-order valence-corrected chi connectivity index (χ4v) is 4.97. The van der Waals surface area contributed by atoms with Gasteiger partial charge in [0.15, 0.2) is 23.2 Å². The predicted molar refractivity (Wildman–Crippen MR) is 172 cm³/mol. The molecule has 4 rings (SSSR count). The van der Waals surface area contributed by atoms with Crippen LogP contribution in [0.1, 0.15) is 36.6 Å². The number of hydrogen-bond acceptors (Lipinski definition) is 8. The number of allylic oxidation sites excluding steroid dienone is 1. The van der Waals surface area contributed by atoms with Gasteiger partial charge in [-0.2, -0.15) is 5.10 Å². The van der Waals surface area contributed by atoms with Gasteiger partial charge in [0, 0.05) is 16.3 Å². The van der Waals surface area contributed by atoms with Crippen LogP contribution in [0.25, 0.3) is 0 Å². The van der Waals surface area contributed by atoms with Gasteiger partial charge in [-0.1, -0.05) is 53.5 Å². The van der Waals surface area contributed by atoms with Crippen molar-refractivity contribution in [1.29, 1.82) is 0 Å². The first kappa shape index (κ1) is 32.6. The van der Waals surface area contributed by atoms with Crippen LogP contribution >= 0.6 is 35.4 Å². The Morgan fingerprint density at radius 2 is 1.82 bits per heavy atom. The maximum Gasteiger partial charge on any atom is 0.338 e. The zero-order valence-electron chi connectivity index (χ0n) is 24.1. The van der Waals surface area contributed by atoms with Crippen LogP contribution in [-0.2, 0) is 20.9 Å². The van der Waals surface area contributed by atoms with Crippen molar-refractivity contribution in [2.24, 2.45) is 5.10 Å². The van der Waals surface area contributed by atoms with E-state index in [2.05, 4.69) is 21.2 Å². The van der Waals surface area contributed by atoms with Crippen LogP contribution in [0.4, 0.5) is 0 Å². The van der Waals surface area contributed by atoms with Gasteiger partial charge in [-0.15, -0.1) is 0 Å². The van der Waals surface area contributed by atoms with Gasteiger partial charge in [0.2, 0.25) is 0 Å². The molecule has 0 bridgehead atoms. The second-order valence-electron chi connectivity index (χ2n) is 9.36. The number of benzene rings is 3. The second kappa shape index (κ2) is 15.4. The number of halogens is 2. The molecule has 3 aromatic carbocycles. The fourth-order valence-electron chi connectivity index (χ4n) is 4.30. The van der Waals surface area contributed by atoms with Gasteiger partial charge in [0.1, 0.15) is 12.4 Å². The summed E-state index contributed by atoms with van der Waals surface area (Å²) in [5.41, 5.74) is 5.44. The number of thiocarbonyl (C=S) groups is 1. The van der Waals surface area contributed by atoms with Crippen LogP contribution in [0.3, 0.4) is 0 Å². The number of hydrogen-bond donors (Lipinski definition) is 3. The Morgan fingerprint density at radius 1 is 1.07 bits per heavy atom. The maximum absolute atomic E-state index is 12.7. The van der Waals surface area contributed by atoms with Crippen LogP contribution < -0.4 is 30.3 Å². The summed E-state index contributed by atoms with van der Waals surface area (Å²) in [6, 6.07) is 17.0. The number of rotatable bonds is 12. The van der Waals surface area contributed by atoms with Crippen LogP contribution in [0.15, 0.2) is 77.0 Å². The van der Waals surface area contributed by atoms with E-state index in [0.717, 1.165) is 5.56 Å². The van der Waals surface area contributed by atoms with E-state index in [4.69, 9.17) is 54.4 Å². The molecule has 230 valence electrons. The molecule has 1 aliphatic heterocycles. The van der Waals surface area contributed by atoms with E-state index < -0.39 is 17.9 Å². The number of amides is 1. The van der Waals surface area contributed by atoms with Gasteiger partial charge >= 0.3 is 5.97 Å². The lowest BCUT2D eigenvalue weighted by atomic mass is 9.95. The summed E-state index contributed by atoms with van der Waals surface area (Å²) < 4.78 is 22.4. The van der Waals surface area contributed by atoms with E-state index in [-0.39, 0.29) is 19.8 Å². The normalized spacial score (nSPS) is 14.5. The third kappa shape index (κ3) is 8.40. The molecule has 1 heterocycles. The number of carbonyl (C=O) groups excluding carboxylic acids is 2. The highest BCUT2D eigenvalue weighted by Gasteiger charge is 2.32. The zero-order valence-corrected chi connectivity index (χ0v) is 26.4. The Kier molecular flexibility index (Phi) is 11.4. The van der Waals surface area contributed by atoms with Crippen molar-refractivity contribution in [1.82, 2.24) is 16.1 Å². The molecule has 1 aliphatic rings. The average molecular weight is 658 g/mol. The Morgan fingerprint density at radius 3 is 2.55 bits per heavy atom. The lowest BCUT2D eigenvalue weighted by Gasteiger charge is -2.30. The Labute approximate surface area is 270 Å². The van der Waals surface area contributed by atoms with Crippen molar-refractivity contribution >= 4 is 58.6 Å². The largest absolute Gasteiger partial charge is 0.493 e. The molecule has 1 amide bonds. The number of carbonyl (C=O) groups is 2. The minimum absolute atomic E-state index is 0.215. The van der Waals surface area contributed by atoms with Gasteiger partial charge < -0.3 is 29.6 Å². The average Bonchev–Trinajstić information content (AvgIpc) is 3.00. The molecule has 1 atom stereocenters. The third-order valence-corrected chi connectivity index (χ3v) is 7.06. The molecule has 0 saturated heterocycles. The Bertz CT molecular complexity index is 1600. The first-order valence-corrected chi connectivity index (χ1v) is 14.6. The second-order valence-corrected chi connectivity index (χ2v) is 10.6. The lowest BCUT2D eigenvalue weighted by Crippen LogP contribution is -2.45. The SMILES string of the molecule is CCOC(=O)C1=C(C)NC(=S)N[C@H]1c1ccccc1OCC(=O)NN=Cc1cc(Cl)c(OCc2ccc(Cl)cc2)c(OC)c1. The molecular weight excluding hydrogens is 627 g/mol. The number of methoxy groups -OCH3 is 1. The molecule has 3 aromatic rings. The van der Waals surface area contributed by atoms with Gasteiger partial charge in [0.05, 0.1) is 36.6 Å². The molecule has 0 aromatic heterocycles. The molecule has 0 spiro atoms. The summed E-state index contributed by atoms with van der Waals surface area (Å²) in [6.45, 7) is 3.61. The molecule has 0 saturated carbocycles. The van der Waals surface area contributed by atoms with Gasteiger partial charge in [-0.3, -0.25) is 4.79 Å². The maximum atomic E-state index is 12.7. The Balaban J connectivity index is 1.39. The highest BCUT2D eigenvalue weighted by atomic mass is 35.5. The van der Waals surface area contributed by atoms with E-state index in [1.807, 2.05) is 12.1 Å². The van der Waals surface area contributed by atoms with Crippen LogP contribution in [-0.4, -0.2) is 43.5 Å². The van der Waals surface area contributed by atoms with Crippen molar-refractivity contribution in [2.75, 3.05) is 20.3 Å². The standard InChI is InChI=1S/C31H30Cl2N4O6S/c1-4-41-30(39)27-18(2)35-31(44)36-28(27)22-7-5-6-8-24(22)42-17-26(38)37-34-15-20-13-23(33)29(25(14-20)40-3)43-16-19-9-11-21(32)12-10-19/h5-15,28H,4,16-17H2,1-3H3,(H,37,38)(H2,35,36,44)/t28-/m0/s1. The number of esters is 1. The molecule has 0 radical (unpaired) electrons. The summed E-state index contributed by atoms with van der Waals surface area (Å²) in [6.07, 6.45) is 1.42. The van der Waals surface area contributed by atoms with Crippen LogP contribution in [0.5, 0.6) is 17.2 Å². The minimum atomic E-state index is -0.641. The Hall–Kier alpha value is -4.32. The highest BCUT2D eigenvalue weighted by Crippen LogP contribution is 2.37. The van der Waals surface area contributed by atoms with Crippen LogP contribution in [0, 0.1) is 0 Å². The van der Waals surface area contributed by atoms with Gasteiger partial charge in [-0.05, 0) is 67.5 Å². The minimum Gasteiger partial charge on any atom is -0.493 e. The molecule has 0 aliphatic carbocycles. The topological polar surface area (TPSA) is 120 Å². The first-order chi connectivity index (χ1) is 21.2. The van der Waals surface area contributed by atoms with E-state index in [0.29, 0.717) is 54.8 Å².